The summed E-state index contributed by atoms with van der Waals surface area (Å²) in [5, 5.41) is 0. The third kappa shape index (κ3) is 5.03. The van der Waals surface area contributed by atoms with E-state index in [9.17, 15) is 14.0 Å². The maximum Gasteiger partial charge on any atom is 0.331 e. The van der Waals surface area contributed by atoms with Gasteiger partial charge >= 0.3 is 5.97 Å². The normalized spacial score (nSPS) is 10.6. The summed E-state index contributed by atoms with van der Waals surface area (Å²) in [7, 11) is 1.33. The fraction of sp³-hybridized carbons (Fsp3) is 0.111. The van der Waals surface area contributed by atoms with Gasteiger partial charge < -0.3 is 9.47 Å². The average Bonchev–Trinajstić information content (AvgIpc) is 2.59. The molecule has 0 saturated carbocycles. The van der Waals surface area contributed by atoms with Crippen LogP contribution in [0.15, 0.2) is 53.0 Å². The summed E-state index contributed by atoms with van der Waals surface area (Å²) in [6.07, 6.45) is 2.80. The summed E-state index contributed by atoms with van der Waals surface area (Å²) >= 11 is 3.31. The molecule has 0 aliphatic carbocycles. The molecule has 0 heterocycles. The molecule has 0 spiro atoms. The van der Waals surface area contributed by atoms with Crippen LogP contribution in [0.1, 0.15) is 15.9 Å². The Kier molecular flexibility index (Phi) is 6.26. The van der Waals surface area contributed by atoms with Gasteiger partial charge in [-0.05, 0) is 42.0 Å². The van der Waals surface area contributed by atoms with Gasteiger partial charge in [-0.15, -0.1) is 0 Å². The van der Waals surface area contributed by atoms with E-state index >= 15 is 0 Å². The number of ketones is 1. The minimum atomic E-state index is -0.653. The van der Waals surface area contributed by atoms with E-state index in [0.717, 1.165) is 16.1 Å². The van der Waals surface area contributed by atoms with Crippen LogP contribution in [0.2, 0.25) is 0 Å². The van der Waals surface area contributed by atoms with Crippen molar-refractivity contribution in [2.24, 2.45) is 0 Å². The maximum atomic E-state index is 13.5. The molecule has 0 atom stereocenters. The zero-order valence-corrected chi connectivity index (χ0v) is 14.4. The molecule has 2 rings (SSSR count). The van der Waals surface area contributed by atoms with Crippen LogP contribution in [0.4, 0.5) is 4.39 Å². The molecule has 24 heavy (non-hydrogen) atoms. The number of carbonyl (C=O) groups is 2. The molecule has 0 fully saturated rings. The van der Waals surface area contributed by atoms with Gasteiger partial charge in [0.1, 0.15) is 0 Å². The number of carbonyl (C=O) groups excluding carboxylic acids is 2. The van der Waals surface area contributed by atoms with Crippen molar-refractivity contribution >= 4 is 33.8 Å². The SMILES string of the molecule is COc1ccc(C(=O)COC(=O)/C=C/c2ccc(Br)cc2)cc1F. The molecule has 2 aromatic carbocycles. The third-order valence-electron chi connectivity index (χ3n) is 3.10. The molecular weight excluding hydrogens is 379 g/mol. The smallest absolute Gasteiger partial charge is 0.331 e. The van der Waals surface area contributed by atoms with Crippen molar-refractivity contribution in [3.05, 3.63) is 70.0 Å². The lowest BCUT2D eigenvalue weighted by molar-refractivity contribution is -0.136. The lowest BCUT2D eigenvalue weighted by Gasteiger charge is -2.05. The van der Waals surface area contributed by atoms with E-state index in [-0.39, 0.29) is 11.3 Å². The topological polar surface area (TPSA) is 52.6 Å². The van der Waals surface area contributed by atoms with Crippen molar-refractivity contribution in [2.45, 2.75) is 0 Å². The summed E-state index contributed by atoms with van der Waals surface area (Å²) in [4.78, 5) is 23.5. The first-order valence-corrected chi connectivity index (χ1v) is 7.76. The van der Waals surface area contributed by atoms with Crippen LogP contribution in [0.5, 0.6) is 5.75 Å². The standard InChI is InChI=1S/C18H14BrFO4/c1-23-17-8-5-13(10-15(17)20)16(21)11-24-18(22)9-4-12-2-6-14(19)7-3-12/h2-10H,11H2,1H3/b9-4+. The monoisotopic (exact) mass is 392 g/mol. The van der Waals surface area contributed by atoms with Crippen molar-refractivity contribution < 1.29 is 23.5 Å². The Labute approximate surface area is 147 Å². The molecule has 4 nitrogen and oxygen atoms in total. The molecule has 0 unspecified atom stereocenters. The minimum absolute atomic E-state index is 0.0426. The Bertz CT molecular complexity index is 769. The number of hydrogen-bond donors (Lipinski definition) is 0. The summed E-state index contributed by atoms with van der Waals surface area (Å²) < 4.78 is 24.1. The van der Waals surface area contributed by atoms with Crippen LogP contribution in [0.3, 0.4) is 0 Å². The second-order valence-electron chi connectivity index (χ2n) is 4.77. The molecule has 0 bridgehead atoms. The molecule has 0 aliphatic heterocycles. The Hall–Kier alpha value is -2.47. The van der Waals surface area contributed by atoms with Crippen LogP contribution < -0.4 is 4.74 Å². The first kappa shape index (κ1) is 17.9. The number of hydrogen-bond acceptors (Lipinski definition) is 4. The van der Waals surface area contributed by atoms with Crippen LogP contribution in [0.25, 0.3) is 6.08 Å². The average molecular weight is 393 g/mol. The first-order chi connectivity index (χ1) is 11.5. The molecule has 6 heteroatoms. The fourth-order valence-corrected chi connectivity index (χ4v) is 2.11. The van der Waals surface area contributed by atoms with Gasteiger partial charge in [0, 0.05) is 16.1 Å². The summed E-state index contributed by atoms with van der Waals surface area (Å²) in [5.41, 5.74) is 0.927. The van der Waals surface area contributed by atoms with Crippen LogP contribution in [0, 0.1) is 5.82 Å². The number of methoxy groups -OCH3 is 1. The first-order valence-electron chi connectivity index (χ1n) is 6.97. The molecule has 0 radical (unpaired) electrons. The number of ether oxygens (including phenoxy) is 2. The van der Waals surface area contributed by atoms with Gasteiger partial charge in [-0.25, -0.2) is 9.18 Å². The number of halogens is 2. The van der Waals surface area contributed by atoms with Gasteiger partial charge in [-0.3, -0.25) is 4.79 Å². The maximum absolute atomic E-state index is 13.5. The van der Waals surface area contributed by atoms with E-state index in [0.29, 0.717) is 0 Å². The number of benzene rings is 2. The van der Waals surface area contributed by atoms with Gasteiger partial charge in [0.2, 0.25) is 0 Å². The lowest BCUT2D eigenvalue weighted by Crippen LogP contribution is -2.12. The molecule has 0 aliphatic rings. The van der Waals surface area contributed by atoms with Gasteiger partial charge in [0.15, 0.2) is 24.0 Å². The van der Waals surface area contributed by atoms with E-state index in [1.165, 1.54) is 25.3 Å². The second-order valence-corrected chi connectivity index (χ2v) is 5.68. The molecular formula is C18H14BrFO4. The molecule has 0 aromatic heterocycles. The van der Waals surface area contributed by atoms with Crippen molar-refractivity contribution in [1.29, 1.82) is 0 Å². The second kappa shape index (κ2) is 8.40. The summed E-state index contributed by atoms with van der Waals surface area (Å²) in [6.45, 7) is -0.463. The fourth-order valence-electron chi connectivity index (χ4n) is 1.85. The van der Waals surface area contributed by atoms with E-state index in [2.05, 4.69) is 15.9 Å². The van der Waals surface area contributed by atoms with Gasteiger partial charge in [0.25, 0.3) is 0 Å². The Balaban J connectivity index is 1.90. The molecule has 0 amide bonds. The van der Waals surface area contributed by atoms with Crippen molar-refractivity contribution in [1.82, 2.24) is 0 Å². The van der Waals surface area contributed by atoms with E-state index in [1.54, 1.807) is 6.08 Å². The highest BCUT2D eigenvalue weighted by Gasteiger charge is 2.11. The predicted octanol–water partition coefficient (Wildman–Crippen LogP) is 4.04. The van der Waals surface area contributed by atoms with Crippen molar-refractivity contribution in [3.8, 4) is 5.75 Å². The van der Waals surface area contributed by atoms with Gasteiger partial charge in [-0.1, -0.05) is 28.1 Å². The van der Waals surface area contributed by atoms with E-state index in [1.807, 2.05) is 24.3 Å². The molecule has 124 valence electrons. The highest BCUT2D eigenvalue weighted by Crippen LogP contribution is 2.18. The number of Topliss-reactive ketones (excluding diaryl/α,β-unsaturated/α-hetero) is 1. The van der Waals surface area contributed by atoms with Crippen molar-refractivity contribution in [2.75, 3.05) is 13.7 Å². The predicted molar refractivity (Wildman–Crippen MR) is 91.4 cm³/mol. The van der Waals surface area contributed by atoms with E-state index < -0.39 is 24.2 Å². The summed E-state index contributed by atoms with van der Waals surface area (Å²) in [5.74, 6) is -1.76. The summed E-state index contributed by atoms with van der Waals surface area (Å²) in [6, 6.07) is 11.1. The largest absolute Gasteiger partial charge is 0.494 e. The zero-order valence-electron chi connectivity index (χ0n) is 12.8. The Morgan fingerprint density at radius 3 is 2.50 bits per heavy atom. The number of rotatable bonds is 6. The Morgan fingerprint density at radius 1 is 1.17 bits per heavy atom. The highest BCUT2D eigenvalue weighted by molar-refractivity contribution is 9.10. The van der Waals surface area contributed by atoms with Gasteiger partial charge in [-0.2, -0.15) is 0 Å². The number of esters is 1. The zero-order chi connectivity index (χ0) is 17.5. The van der Waals surface area contributed by atoms with Gasteiger partial charge in [0.05, 0.1) is 7.11 Å². The molecule has 0 saturated heterocycles. The minimum Gasteiger partial charge on any atom is -0.494 e. The van der Waals surface area contributed by atoms with Crippen LogP contribution >= 0.6 is 15.9 Å². The van der Waals surface area contributed by atoms with Crippen molar-refractivity contribution in [3.63, 3.8) is 0 Å². The van der Waals surface area contributed by atoms with Crippen LogP contribution in [-0.2, 0) is 9.53 Å². The lowest BCUT2D eigenvalue weighted by atomic mass is 10.1. The van der Waals surface area contributed by atoms with Crippen LogP contribution in [-0.4, -0.2) is 25.5 Å². The molecule has 2 aromatic rings. The highest BCUT2D eigenvalue weighted by atomic mass is 79.9. The quantitative estimate of drug-likeness (QED) is 0.423. The third-order valence-corrected chi connectivity index (χ3v) is 3.63. The Morgan fingerprint density at radius 2 is 1.88 bits per heavy atom. The molecule has 0 N–H and O–H groups in total. The van der Waals surface area contributed by atoms with E-state index in [4.69, 9.17) is 9.47 Å².